The first kappa shape index (κ1) is 14.6. The Morgan fingerprint density at radius 2 is 2.50 bits per heavy atom. The van der Waals surface area contributed by atoms with Gasteiger partial charge in [0, 0.05) is 23.2 Å². The van der Waals surface area contributed by atoms with Crippen molar-refractivity contribution < 1.29 is 4.39 Å². The zero-order valence-electron chi connectivity index (χ0n) is 9.82. The third-order valence-electron chi connectivity index (χ3n) is 2.05. The zero-order chi connectivity index (χ0) is 13.4. The van der Waals surface area contributed by atoms with Gasteiger partial charge in [0.25, 0.3) is 0 Å². The molecular formula is C12H12FIN4. The van der Waals surface area contributed by atoms with Crippen LogP contribution >= 0.6 is 22.6 Å². The molecule has 1 aromatic heterocycles. The fourth-order valence-electron chi connectivity index (χ4n) is 1.15. The van der Waals surface area contributed by atoms with Crippen LogP contribution in [0, 0.1) is 11.3 Å². The summed E-state index contributed by atoms with van der Waals surface area (Å²) in [5, 5.41) is 11.7. The van der Waals surface area contributed by atoms with E-state index >= 15 is 0 Å². The summed E-state index contributed by atoms with van der Waals surface area (Å²) in [6.07, 6.45) is 1.84. The average Bonchev–Trinajstić information content (AvgIpc) is 2.43. The van der Waals surface area contributed by atoms with E-state index < -0.39 is 5.97 Å². The van der Waals surface area contributed by atoms with E-state index in [4.69, 9.17) is 5.26 Å². The predicted octanol–water partition coefficient (Wildman–Crippen LogP) is 3.05. The number of halogens is 2. The number of aliphatic imine (C=N–C) groups is 1. The van der Waals surface area contributed by atoms with Crippen LogP contribution in [0.1, 0.15) is 24.6 Å². The third kappa shape index (κ3) is 4.79. The summed E-state index contributed by atoms with van der Waals surface area (Å²) in [6, 6.07) is 5.44. The number of nitriles is 1. The summed E-state index contributed by atoms with van der Waals surface area (Å²) in [5.41, 5.74) is 1.25. The van der Waals surface area contributed by atoms with Gasteiger partial charge in [0.1, 0.15) is 17.6 Å². The Morgan fingerprint density at radius 1 is 1.72 bits per heavy atom. The quantitative estimate of drug-likeness (QED) is 0.650. The van der Waals surface area contributed by atoms with Gasteiger partial charge in [-0.25, -0.2) is 9.98 Å². The lowest BCUT2D eigenvalue weighted by atomic mass is 10.2. The monoisotopic (exact) mass is 358 g/mol. The van der Waals surface area contributed by atoms with Crippen LogP contribution in [0.3, 0.4) is 0 Å². The molecule has 18 heavy (non-hydrogen) atoms. The SMILES string of the molecule is CC/C(F)=N\C(=C/I)NCc1ccnc(C#N)c1. The smallest absolute Gasteiger partial charge is 0.190 e. The highest BCUT2D eigenvalue weighted by Crippen LogP contribution is 2.05. The summed E-state index contributed by atoms with van der Waals surface area (Å²) in [4.78, 5) is 7.66. The summed E-state index contributed by atoms with van der Waals surface area (Å²) in [6.45, 7) is 2.16. The van der Waals surface area contributed by atoms with Crippen LogP contribution in [-0.2, 0) is 6.54 Å². The minimum Gasteiger partial charge on any atom is -0.366 e. The largest absolute Gasteiger partial charge is 0.366 e. The van der Waals surface area contributed by atoms with Gasteiger partial charge in [-0.1, -0.05) is 6.92 Å². The van der Waals surface area contributed by atoms with E-state index in [9.17, 15) is 4.39 Å². The molecule has 0 saturated heterocycles. The lowest BCUT2D eigenvalue weighted by Gasteiger charge is -2.06. The fourth-order valence-corrected chi connectivity index (χ4v) is 1.51. The molecule has 0 fully saturated rings. The van der Waals surface area contributed by atoms with Crippen molar-refractivity contribution >= 4 is 28.6 Å². The second-order valence-corrected chi connectivity index (χ2v) is 3.97. The molecule has 0 aliphatic carbocycles. The molecule has 0 atom stereocenters. The van der Waals surface area contributed by atoms with Crippen LogP contribution in [0.15, 0.2) is 33.2 Å². The molecule has 0 aliphatic heterocycles. The number of hydrogen-bond donors (Lipinski definition) is 1. The van der Waals surface area contributed by atoms with Gasteiger partial charge in [0.2, 0.25) is 0 Å². The lowest BCUT2D eigenvalue weighted by molar-refractivity contribution is 0.744. The van der Waals surface area contributed by atoms with Crippen molar-refractivity contribution in [1.82, 2.24) is 10.3 Å². The highest BCUT2D eigenvalue weighted by Gasteiger charge is 1.99. The van der Waals surface area contributed by atoms with Gasteiger partial charge in [-0.15, -0.1) is 0 Å². The first-order valence-corrected chi connectivity index (χ1v) is 6.56. The Balaban J connectivity index is 2.66. The molecule has 4 nitrogen and oxygen atoms in total. The second-order valence-electron chi connectivity index (χ2n) is 3.35. The second kappa shape index (κ2) is 7.76. The number of aromatic nitrogens is 1. The molecule has 0 radical (unpaired) electrons. The Kier molecular flexibility index (Phi) is 6.28. The first-order valence-electron chi connectivity index (χ1n) is 5.32. The van der Waals surface area contributed by atoms with E-state index in [-0.39, 0.29) is 6.42 Å². The van der Waals surface area contributed by atoms with Crippen molar-refractivity contribution in [1.29, 1.82) is 5.26 Å². The van der Waals surface area contributed by atoms with E-state index in [2.05, 4.69) is 15.3 Å². The predicted molar refractivity (Wildman–Crippen MR) is 76.7 cm³/mol. The fraction of sp³-hybridized carbons (Fsp3) is 0.250. The number of rotatable bonds is 5. The van der Waals surface area contributed by atoms with Gasteiger partial charge in [-0.2, -0.15) is 9.65 Å². The van der Waals surface area contributed by atoms with E-state index in [0.29, 0.717) is 18.1 Å². The maximum Gasteiger partial charge on any atom is 0.190 e. The molecule has 1 rings (SSSR count). The van der Waals surface area contributed by atoms with Crippen LogP contribution in [0.25, 0.3) is 0 Å². The Morgan fingerprint density at radius 3 is 3.11 bits per heavy atom. The van der Waals surface area contributed by atoms with E-state index in [0.717, 1.165) is 5.56 Å². The van der Waals surface area contributed by atoms with Crippen LogP contribution in [0.4, 0.5) is 4.39 Å². The number of nitrogens with zero attached hydrogens (tertiary/aromatic N) is 3. The lowest BCUT2D eigenvalue weighted by Crippen LogP contribution is -2.12. The van der Waals surface area contributed by atoms with Gasteiger partial charge in [0.15, 0.2) is 5.97 Å². The normalized spacial score (nSPS) is 12.1. The zero-order valence-corrected chi connectivity index (χ0v) is 12.0. The average molecular weight is 358 g/mol. The van der Waals surface area contributed by atoms with Gasteiger partial charge in [-0.05, 0) is 40.3 Å². The standard InChI is InChI=1S/C12H12FIN4/c1-2-11(13)18-12(6-14)17-8-9-3-4-16-10(5-9)7-15/h3-6,17H,2,8H2,1H3/b12-6-,18-11+. The highest BCUT2D eigenvalue weighted by atomic mass is 127. The van der Waals surface area contributed by atoms with Gasteiger partial charge < -0.3 is 5.32 Å². The van der Waals surface area contributed by atoms with Crippen LogP contribution in [-0.4, -0.2) is 10.9 Å². The van der Waals surface area contributed by atoms with Crippen LogP contribution in [0.2, 0.25) is 0 Å². The molecule has 0 saturated carbocycles. The molecule has 0 aromatic carbocycles. The van der Waals surface area contributed by atoms with Gasteiger partial charge in [-0.3, -0.25) is 0 Å². The number of nitrogens with one attached hydrogen (secondary N) is 1. The van der Waals surface area contributed by atoms with Crippen molar-refractivity contribution in [2.45, 2.75) is 19.9 Å². The summed E-state index contributed by atoms with van der Waals surface area (Å²) < 4.78 is 14.7. The molecular weight excluding hydrogens is 346 g/mol. The molecule has 1 aromatic rings. The maximum atomic E-state index is 13.0. The van der Waals surface area contributed by atoms with Crippen molar-refractivity contribution in [3.63, 3.8) is 0 Å². The Labute approximate surface area is 119 Å². The number of hydrogen-bond acceptors (Lipinski definition) is 4. The topological polar surface area (TPSA) is 61.1 Å². The Hall–Kier alpha value is -1.49. The molecule has 0 unspecified atom stereocenters. The van der Waals surface area contributed by atoms with E-state index in [1.54, 1.807) is 29.3 Å². The van der Waals surface area contributed by atoms with Crippen LogP contribution in [0.5, 0.6) is 0 Å². The molecule has 0 bridgehead atoms. The molecule has 6 heteroatoms. The number of pyridine rings is 1. The molecule has 0 spiro atoms. The maximum absolute atomic E-state index is 13.0. The summed E-state index contributed by atoms with van der Waals surface area (Å²) in [7, 11) is 0. The molecule has 0 aliphatic rings. The van der Waals surface area contributed by atoms with Gasteiger partial charge >= 0.3 is 0 Å². The van der Waals surface area contributed by atoms with Crippen molar-refractivity contribution in [3.8, 4) is 6.07 Å². The van der Waals surface area contributed by atoms with E-state index in [1.165, 1.54) is 0 Å². The molecule has 0 amide bonds. The minimum atomic E-state index is -0.419. The molecule has 94 valence electrons. The van der Waals surface area contributed by atoms with Crippen molar-refractivity contribution in [2.24, 2.45) is 4.99 Å². The molecule has 1 heterocycles. The first-order chi connectivity index (χ1) is 8.69. The third-order valence-corrected chi connectivity index (χ3v) is 2.64. The van der Waals surface area contributed by atoms with Crippen molar-refractivity contribution in [3.05, 3.63) is 39.5 Å². The summed E-state index contributed by atoms with van der Waals surface area (Å²) >= 11 is 1.99. The summed E-state index contributed by atoms with van der Waals surface area (Å²) in [5.74, 6) is 0.0446. The highest BCUT2D eigenvalue weighted by molar-refractivity contribution is 14.1. The van der Waals surface area contributed by atoms with Crippen LogP contribution < -0.4 is 5.32 Å². The van der Waals surface area contributed by atoms with Crippen molar-refractivity contribution in [2.75, 3.05) is 0 Å². The van der Waals surface area contributed by atoms with Gasteiger partial charge in [0.05, 0.1) is 0 Å². The minimum absolute atomic E-state index is 0.267. The Bertz CT molecular complexity index is 505. The van der Waals surface area contributed by atoms with E-state index in [1.807, 2.05) is 28.7 Å². The molecule has 1 N–H and O–H groups in total.